The van der Waals surface area contributed by atoms with Gasteiger partial charge in [0, 0.05) is 16.5 Å². The lowest BCUT2D eigenvalue weighted by Gasteiger charge is -2.13. The molecule has 0 fully saturated rings. The van der Waals surface area contributed by atoms with E-state index in [9.17, 15) is 0 Å². The largest absolute Gasteiger partial charge is 0.393 e. The molecule has 7 heteroatoms. The summed E-state index contributed by atoms with van der Waals surface area (Å²) >= 11 is 1.47. The van der Waals surface area contributed by atoms with E-state index in [1.54, 1.807) is 6.20 Å². The number of nitrogens with zero attached hydrogens (tertiary/aromatic N) is 3. The van der Waals surface area contributed by atoms with Gasteiger partial charge in [-0.25, -0.2) is 9.97 Å². The number of hydrogen-bond donors (Lipinski definition) is 3. The lowest BCUT2D eigenvalue weighted by atomic mass is 10.2. The van der Waals surface area contributed by atoms with Crippen molar-refractivity contribution in [2.45, 2.75) is 9.92 Å². The van der Waals surface area contributed by atoms with Crippen LogP contribution in [0.4, 0.5) is 17.2 Å². The maximum atomic E-state index is 6.27. The van der Waals surface area contributed by atoms with Gasteiger partial charge in [-0.3, -0.25) is 15.8 Å². The van der Waals surface area contributed by atoms with Crippen molar-refractivity contribution >= 4 is 39.9 Å². The van der Waals surface area contributed by atoms with Crippen molar-refractivity contribution in [1.82, 2.24) is 15.0 Å². The van der Waals surface area contributed by atoms with Crippen molar-refractivity contribution in [3.63, 3.8) is 0 Å². The molecule has 4 N–H and O–H groups in total. The second kappa shape index (κ2) is 7.28. The molecule has 6 nitrogen and oxygen atoms in total. The van der Waals surface area contributed by atoms with Crippen LogP contribution in [0.1, 0.15) is 0 Å². The molecule has 0 aliphatic rings. The Morgan fingerprint density at radius 2 is 1.65 bits per heavy atom. The first-order valence-corrected chi connectivity index (χ1v) is 8.82. The molecule has 0 amide bonds. The molecule has 0 radical (unpaired) electrons. The number of hydrazine groups is 1. The van der Waals surface area contributed by atoms with Gasteiger partial charge in [-0.15, -0.1) is 0 Å². The highest BCUT2D eigenvalue weighted by atomic mass is 32.2. The molecule has 4 rings (SSSR count). The predicted octanol–water partition coefficient (Wildman–Crippen LogP) is 4.20. The van der Waals surface area contributed by atoms with Gasteiger partial charge in [0.15, 0.2) is 5.82 Å². The summed E-state index contributed by atoms with van der Waals surface area (Å²) in [5.74, 6) is 0.527. The number of rotatable bonds is 5. The molecular formula is C19H16N6S. The number of fused-ring (bicyclic) bond motifs is 1. The van der Waals surface area contributed by atoms with E-state index >= 15 is 0 Å². The van der Waals surface area contributed by atoms with Crippen LogP contribution < -0.4 is 16.6 Å². The summed E-state index contributed by atoms with van der Waals surface area (Å²) < 4.78 is 0. The molecule has 0 atom stereocenters. The predicted molar refractivity (Wildman–Crippen MR) is 106 cm³/mol. The van der Waals surface area contributed by atoms with E-state index in [1.807, 2.05) is 60.7 Å². The first-order valence-electron chi connectivity index (χ1n) is 8.00. The van der Waals surface area contributed by atoms with Crippen LogP contribution in [0.5, 0.6) is 0 Å². The number of anilines is 3. The highest BCUT2D eigenvalue weighted by Crippen LogP contribution is 2.36. The zero-order valence-electron chi connectivity index (χ0n) is 13.8. The molecule has 2 aromatic carbocycles. The Kier molecular flexibility index (Phi) is 4.53. The van der Waals surface area contributed by atoms with Gasteiger partial charge < -0.3 is 5.73 Å². The summed E-state index contributed by atoms with van der Waals surface area (Å²) in [6.07, 6.45) is 3.28. The van der Waals surface area contributed by atoms with Gasteiger partial charge >= 0.3 is 0 Å². The van der Waals surface area contributed by atoms with Crippen LogP contribution in [-0.4, -0.2) is 15.0 Å². The van der Waals surface area contributed by atoms with E-state index in [0.717, 1.165) is 21.5 Å². The third-order valence-electron chi connectivity index (χ3n) is 3.75. The fourth-order valence-electron chi connectivity index (χ4n) is 2.48. The number of benzene rings is 2. The second-order valence-corrected chi connectivity index (χ2v) is 6.52. The van der Waals surface area contributed by atoms with Crippen molar-refractivity contribution in [3.05, 3.63) is 73.2 Å². The highest BCUT2D eigenvalue weighted by Gasteiger charge is 2.11. The maximum Gasteiger partial charge on any atom is 0.172 e. The number of pyridine rings is 1. The Morgan fingerprint density at radius 3 is 2.54 bits per heavy atom. The molecular weight excluding hydrogens is 344 g/mol. The second-order valence-electron chi connectivity index (χ2n) is 5.49. The third kappa shape index (κ3) is 3.38. The standard InChI is InChI=1S/C19H16N6S/c20-16-18(25-24-14-8-2-1-3-9-14)22-12-23-19(16)26-15-10-4-6-13-7-5-11-21-17(13)15/h1-12,24H,20H2,(H,22,23,25). The van der Waals surface area contributed by atoms with Crippen molar-refractivity contribution in [2.24, 2.45) is 0 Å². The van der Waals surface area contributed by atoms with Crippen LogP contribution in [0.2, 0.25) is 0 Å². The molecule has 4 aromatic rings. The highest BCUT2D eigenvalue weighted by molar-refractivity contribution is 7.99. The molecule has 0 bridgehead atoms. The Balaban J connectivity index is 1.59. The van der Waals surface area contributed by atoms with Crippen LogP contribution in [0.25, 0.3) is 10.9 Å². The van der Waals surface area contributed by atoms with E-state index < -0.39 is 0 Å². The smallest absolute Gasteiger partial charge is 0.172 e. The topological polar surface area (TPSA) is 88.8 Å². The van der Waals surface area contributed by atoms with Crippen LogP contribution in [0.15, 0.2) is 83.1 Å². The fourth-order valence-corrected chi connectivity index (χ4v) is 3.40. The Hall–Kier alpha value is -3.32. The number of nitrogens with two attached hydrogens (primary N) is 1. The molecule has 2 aromatic heterocycles. The number of nitrogens with one attached hydrogen (secondary N) is 2. The van der Waals surface area contributed by atoms with Gasteiger partial charge in [0.25, 0.3) is 0 Å². The average molecular weight is 360 g/mol. The van der Waals surface area contributed by atoms with Crippen LogP contribution in [0, 0.1) is 0 Å². The summed E-state index contributed by atoms with van der Waals surface area (Å²) in [5.41, 5.74) is 14.7. The zero-order chi connectivity index (χ0) is 17.8. The van der Waals surface area contributed by atoms with Gasteiger partial charge in [-0.1, -0.05) is 48.2 Å². The van der Waals surface area contributed by atoms with Crippen LogP contribution in [0.3, 0.4) is 0 Å². The lowest BCUT2D eigenvalue weighted by molar-refractivity contribution is 1.05. The average Bonchev–Trinajstić information content (AvgIpc) is 2.70. The lowest BCUT2D eigenvalue weighted by Crippen LogP contribution is -2.12. The summed E-state index contributed by atoms with van der Waals surface area (Å²) in [6.45, 7) is 0. The van der Waals surface area contributed by atoms with E-state index in [0.29, 0.717) is 16.5 Å². The van der Waals surface area contributed by atoms with Gasteiger partial charge in [0.1, 0.15) is 17.0 Å². The van der Waals surface area contributed by atoms with Gasteiger partial charge in [-0.2, -0.15) is 0 Å². The molecule has 128 valence electrons. The summed E-state index contributed by atoms with van der Waals surface area (Å²) in [4.78, 5) is 14.0. The van der Waals surface area contributed by atoms with E-state index in [-0.39, 0.29) is 0 Å². The summed E-state index contributed by atoms with van der Waals surface area (Å²) in [5, 5.41) is 1.75. The van der Waals surface area contributed by atoms with Crippen molar-refractivity contribution in [1.29, 1.82) is 0 Å². The minimum atomic E-state index is 0.480. The molecule has 0 spiro atoms. The SMILES string of the molecule is Nc1c(NNc2ccccc2)ncnc1Sc1cccc2cccnc12. The molecule has 26 heavy (non-hydrogen) atoms. The molecule has 0 saturated heterocycles. The van der Waals surface area contributed by atoms with Gasteiger partial charge in [0.05, 0.1) is 11.2 Å². The minimum absolute atomic E-state index is 0.480. The quantitative estimate of drug-likeness (QED) is 0.363. The van der Waals surface area contributed by atoms with E-state index in [2.05, 4.69) is 25.8 Å². The van der Waals surface area contributed by atoms with Gasteiger partial charge in [0.2, 0.25) is 0 Å². The minimum Gasteiger partial charge on any atom is -0.393 e. The molecule has 0 aliphatic heterocycles. The molecule has 0 unspecified atom stereocenters. The van der Waals surface area contributed by atoms with E-state index in [1.165, 1.54) is 18.1 Å². The number of hydrogen-bond acceptors (Lipinski definition) is 7. The Bertz CT molecular complexity index is 1030. The van der Waals surface area contributed by atoms with Gasteiger partial charge in [-0.05, 0) is 24.3 Å². The third-order valence-corrected chi connectivity index (χ3v) is 4.82. The van der Waals surface area contributed by atoms with Crippen molar-refractivity contribution < 1.29 is 0 Å². The first-order chi connectivity index (χ1) is 12.8. The first kappa shape index (κ1) is 16.2. The fraction of sp³-hybridized carbons (Fsp3) is 0. The summed E-state index contributed by atoms with van der Waals surface area (Å²) in [7, 11) is 0. The molecule has 0 aliphatic carbocycles. The zero-order valence-corrected chi connectivity index (χ0v) is 14.6. The number of aromatic nitrogens is 3. The Labute approximate surface area is 154 Å². The summed E-state index contributed by atoms with van der Waals surface area (Å²) in [6, 6.07) is 19.7. The maximum absolute atomic E-state index is 6.27. The van der Waals surface area contributed by atoms with Crippen LogP contribution in [-0.2, 0) is 0 Å². The molecule has 0 saturated carbocycles. The number of para-hydroxylation sites is 2. The number of nitrogen functional groups attached to an aromatic ring is 1. The van der Waals surface area contributed by atoms with Crippen LogP contribution >= 0.6 is 11.8 Å². The van der Waals surface area contributed by atoms with Crippen molar-refractivity contribution in [2.75, 3.05) is 16.6 Å². The monoisotopic (exact) mass is 360 g/mol. The van der Waals surface area contributed by atoms with E-state index in [4.69, 9.17) is 5.73 Å². The molecule has 2 heterocycles. The van der Waals surface area contributed by atoms with Crippen molar-refractivity contribution in [3.8, 4) is 0 Å². The normalized spacial score (nSPS) is 10.6. The Morgan fingerprint density at radius 1 is 0.808 bits per heavy atom.